The van der Waals surface area contributed by atoms with E-state index in [0.29, 0.717) is 16.8 Å². The van der Waals surface area contributed by atoms with E-state index in [2.05, 4.69) is 5.32 Å². The van der Waals surface area contributed by atoms with Crippen LogP contribution in [-0.4, -0.2) is 17.7 Å². The van der Waals surface area contributed by atoms with E-state index in [9.17, 15) is 27.6 Å². The Kier molecular flexibility index (Phi) is 5.36. The molecule has 0 aromatic heterocycles. The lowest BCUT2D eigenvalue weighted by atomic mass is 10.1. The summed E-state index contributed by atoms with van der Waals surface area (Å²) in [5.74, 6) is -1.50. The molecule has 1 aliphatic heterocycles. The molecular formula is C24H15F3N2O3. The van der Waals surface area contributed by atoms with E-state index < -0.39 is 29.5 Å². The van der Waals surface area contributed by atoms with Gasteiger partial charge in [-0.15, -0.1) is 0 Å². The Morgan fingerprint density at radius 3 is 2.16 bits per heavy atom. The van der Waals surface area contributed by atoms with Crippen molar-refractivity contribution < 1.29 is 27.6 Å². The minimum atomic E-state index is -4.48. The number of rotatable bonds is 4. The summed E-state index contributed by atoms with van der Waals surface area (Å²) in [4.78, 5) is 38.5. The maximum absolute atomic E-state index is 12.8. The van der Waals surface area contributed by atoms with Crippen molar-refractivity contribution in [3.05, 3.63) is 101 Å². The molecule has 4 rings (SSSR count). The van der Waals surface area contributed by atoms with Crippen LogP contribution < -0.4 is 10.2 Å². The van der Waals surface area contributed by atoms with Crippen molar-refractivity contribution in [2.75, 3.05) is 10.2 Å². The number of nitrogens with one attached hydrogen (secondary N) is 1. The van der Waals surface area contributed by atoms with Crippen LogP contribution in [0.4, 0.5) is 24.5 Å². The minimum Gasteiger partial charge on any atom is -0.322 e. The fourth-order valence-electron chi connectivity index (χ4n) is 3.32. The third-order valence-electron chi connectivity index (χ3n) is 4.81. The number of anilines is 2. The van der Waals surface area contributed by atoms with E-state index in [1.165, 1.54) is 24.3 Å². The first-order valence-electron chi connectivity index (χ1n) is 9.48. The Labute approximate surface area is 180 Å². The Balaban J connectivity index is 1.49. The topological polar surface area (TPSA) is 66.5 Å². The van der Waals surface area contributed by atoms with Crippen molar-refractivity contribution in [3.63, 3.8) is 0 Å². The van der Waals surface area contributed by atoms with Gasteiger partial charge in [-0.25, -0.2) is 4.90 Å². The van der Waals surface area contributed by atoms with Crippen LogP contribution in [-0.2, 0) is 11.0 Å². The average Bonchev–Trinajstić information content (AvgIpc) is 3.02. The highest BCUT2D eigenvalue weighted by atomic mass is 19.4. The molecular weight excluding hydrogens is 421 g/mol. The molecule has 0 saturated heterocycles. The number of hydrogen-bond donors (Lipinski definition) is 1. The van der Waals surface area contributed by atoms with Gasteiger partial charge >= 0.3 is 6.18 Å². The molecule has 0 unspecified atom stereocenters. The summed E-state index contributed by atoms with van der Waals surface area (Å²) in [5, 5.41) is 2.57. The zero-order valence-corrected chi connectivity index (χ0v) is 16.4. The first-order chi connectivity index (χ1) is 15.2. The highest BCUT2D eigenvalue weighted by Crippen LogP contribution is 2.31. The zero-order chi connectivity index (χ0) is 22.9. The molecule has 3 amide bonds. The van der Waals surface area contributed by atoms with Crippen LogP contribution in [0.25, 0.3) is 6.08 Å². The van der Waals surface area contributed by atoms with Gasteiger partial charge < -0.3 is 5.32 Å². The predicted molar refractivity (Wildman–Crippen MR) is 113 cm³/mol. The molecule has 0 fully saturated rings. The van der Waals surface area contributed by atoms with Crippen molar-refractivity contribution in [3.8, 4) is 0 Å². The monoisotopic (exact) mass is 436 g/mol. The van der Waals surface area contributed by atoms with Gasteiger partial charge in [-0.1, -0.05) is 30.3 Å². The van der Waals surface area contributed by atoms with Crippen molar-refractivity contribution in [2.45, 2.75) is 6.18 Å². The maximum atomic E-state index is 12.8. The summed E-state index contributed by atoms with van der Waals surface area (Å²) in [6, 6.07) is 17.2. The molecule has 32 heavy (non-hydrogen) atoms. The molecule has 1 N–H and O–H groups in total. The van der Waals surface area contributed by atoms with Crippen LogP contribution in [0.3, 0.4) is 0 Å². The van der Waals surface area contributed by atoms with Gasteiger partial charge in [-0.3, -0.25) is 14.4 Å². The van der Waals surface area contributed by atoms with Gasteiger partial charge in [0.15, 0.2) is 0 Å². The van der Waals surface area contributed by atoms with Crippen LogP contribution in [0.1, 0.15) is 31.8 Å². The standard InChI is InChI=1S/C24H15F3N2O3/c25-24(26,27)16-6-3-5-15(13-16)11-12-21(30)28-17-7-4-8-18(14-17)29-22(31)19-9-1-2-10-20(19)23(29)32/h1-14H,(H,28,30)/b12-11+. The molecule has 0 saturated carbocycles. The highest BCUT2D eigenvalue weighted by Gasteiger charge is 2.36. The van der Waals surface area contributed by atoms with Crippen LogP contribution in [0.5, 0.6) is 0 Å². The van der Waals surface area contributed by atoms with Gasteiger partial charge in [0.05, 0.1) is 22.4 Å². The van der Waals surface area contributed by atoms with Gasteiger partial charge in [0.1, 0.15) is 0 Å². The number of imide groups is 1. The quantitative estimate of drug-likeness (QED) is 0.454. The minimum absolute atomic E-state index is 0.217. The second kappa shape index (κ2) is 8.14. The van der Waals surface area contributed by atoms with Crippen LogP contribution >= 0.6 is 0 Å². The number of fused-ring (bicyclic) bond motifs is 1. The first kappa shape index (κ1) is 21.0. The second-order valence-corrected chi connectivity index (χ2v) is 6.99. The van der Waals surface area contributed by atoms with E-state index in [-0.39, 0.29) is 11.3 Å². The smallest absolute Gasteiger partial charge is 0.322 e. The molecule has 3 aromatic rings. The number of benzene rings is 3. The van der Waals surface area contributed by atoms with Gasteiger partial charge in [-0.2, -0.15) is 13.2 Å². The molecule has 3 aromatic carbocycles. The molecule has 0 atom stereocenters. The summed E-state index contributed by atoms with van der Waals surface area (Å²) < 4.78 is 38.4. The van der Waals surface area contributed by atoms with E-state index in [4.69, 9.17) is 0 Å². The number of hydrogen-bond acceptors (Lipinski definition) is 3. The summed E-state index contributed by atoms with van der Waals surface area (Å²) in [7, 11) is 0. The predicted octanol–water partition coefficient (Wildman–Crippen LogP) is 5.16. The number of carbonyl (C=O) groups excluding carboxylic acids is 3. The molecule has 0 aliphatic carbocycles. The van der Waals surface area contributed by atoms with E-state index >= 15 is 0 Å². The average molecular weight is 436 g/mol. The van der Waals surface area contributed by atoms with E-state index in [0.717, 1.165) is 23.1 Å². The SMILES string of the molecule is O=C(/C=C/c1cccc(C(F)(F)F)c1)Nc1cccc(N2C(=O)c3ccccc3C2=O)c1. The second-order valence-electron chi connectivity index (χ2n) is 6.99. The summed E-state index contributed by atoms with van der Waals surface area (Å²) >= 11 is 0. The third-order valence-corrected chi connectivity index (χ3v) is 4.81. The van der Waals surface area contributed by atoms with Crippen LogP contribution in [0.15, 0.2) is 78.9 Å². The number of carbonyl (C=O) groups is 3. The molecule has 1 heterocycles. The molecule has 8 heteroatoms. The van der Waals surface area contributed by atoms with Crippen molar-refractivity contribution >= 4 is 35.2 Å². The normalized spacial score (nSPS) is 13.5. The molecule has 0 spiro atoms. The maximum Gasteiger partial charge on any atom is 0.416 e. The number of alkyl halides is 3. The molecule has 1 aliphatic rings. The first-order valence-corrected chi connectivity index (χ1v) is 9.48. The number of amides is 3. The van der Waals surface area contributed by atoms with E-state index in [1.807, 2.05) is 0 Å². The highest BCUT2D eigenvalue weighted by molar-refractivity contribution is 6.34. The zero-order valence-electron chi connectivity index (χ0n) is 16.4. The lowest BCUT2D eigenvalue weighted by Crippen LogP contribution is -2.29. The number of halogens is 3. The number of nitrogens with zero attached hydrogens (tertiary/aromatic N) is 1. The van der Waals surface area contributed by atoms with Gasteiger partial charge in [-0.05, 0) is 54.1 Å². The van der Waals surface area contributed by atoms with Crippen molar-refractivity contribution in [1.82, 2.24) is 0 Å². The largest absolute Gasteiger partial charge is 0.416 e. The van der Waals surface area contributed by atoms with Gasteiger partial charge in [0, 0.05) is 11.8 Å². The summed E-state index contributed by atoms with van der Waals surface area (Å²) in [6.07, 6.45) is -2.11. The van der Waals surface area contributed by atoms with Gasteiger partial charge in [0.2, 0.25) is 5.91 Å². The molecule has 160 valence electrons. The van der Waals surface area contributed by atoms with Crippen molar-refractivity contribution in [2.24, 2.45) is 0 Å². The van der Waals surface area contributed by atoms with Crippen molar-refractivity contribution in [1.29, 1.82) is 0 Å². The van der Waals surface area contributed by atoms with Gasteiger partial charge in [0.25, 0.3) is 11.8 Å². The third kappa shape index (κ3) is 4.15. The Hall–Kier alpha value is -4.20. The Bertz CT molecular complexity index is 1230. The lowest BCUT2D eigenvalue weighted by Gasteiger charge is -2.15. The van der Waals surface area contributed by atoms with Crippen LogP contribution in [0.2, 0.25) is 0 Å². The Morgan fingerprint density at radius 2 is 1.50 bits per heavy atom. The molecule has 0 radical (unpaired) electrons. The fourth-order valence-corrected chi connectivity index (χ4v) is 3.32. The fraction of sp³-hybridized carbons (Fsp3) is 0.0417. The summed E-state index contributed by atoms with van der Waals surface area (Å²) in [5.41, 5.74) is 0.615. The van der Waals surface area contributed by atoms with E-state index in [1.54, 1.807) is 42.5 Å². The van der Waals surface area contributed by atoms with Crippen LogP contribution in [0, 0.1) is 0 Å². The molecule has 5 nitrogen and oxygen atoms in total. The lowest BCUT2D eigenvalue weighted by molar-refractivity contribution is -0.137. The molecule has 0 bridgehead atoms. The summed E-state index contributed by atoms with van der Waals surface area (Å²) in [6.45, 7) is 0. The Morgan fingerprint density at radius 1 is 0.844 bits per heavy atom.